The van der Waals surface area contributed by atoms with Crippen LogP contribution in [0.3, 0.4) is 0 Å². The minimum absolute atomic E-state index is 0.145. The fraction of sp³-hybridized carbons (Fsp3) is 0.0800. The van der Waals surface area contributed by atoms with Gasteiger partial charge >= 0.3 is 5.91 Å². The molecule has 1 N–H and O–H groups in total. The van der Waals surface area contributed by atoms with E-state index in [1.807, 2.05) is 0 Å². The summed E-state index contributed by atoms with van der Waals surface area (Å²) in [5.41, 5.74) is 1.47. The first-order valence-electron chi connectivity index (χ1n) is 10.6. The predicted molar refractivity (Wildman–Crippen MR) is 131 cm³/mol. The molecule has 11 heteroatoms. The van der Waals surface area contributed by atoms with E-state index in [0.717, 1.165) is 29.0 Å². The minimum atomic E-state index is -0.985. The van der Waals surface area contributed by atoms with Crippen molar-refractivity contribution in [1.82, 2.24) is 15.2 Å². The molecule has 180 valence electrons. The average Bonchev–Trinajstić information content (AvgIpc) is 3.46. The van der Waals surface area contributed by atoms with Gasteiger partial charge in [-0.1, -0.05) is 35.2 Å². The van der Waals surface area contributed by atoms with Gasteiger partial charge in [-0.05, 0) is 59.7 Å². The number of thioether (sulfide) groups is 1. The van der Waals surface area contributed by atoms with Gasteiger partial charge in [0.05, 0.1) is 11.6 Å². The summed E-state index contributed by atoms with van der Waals surface area (Å²) in [7, 11) is 0. The van der Waals surface area contributed by atoms with Crippen LogP contribution in [0.1, 0.15) is 22.7 Å². The first kappa shape index (κ1) is 23.8. The molecule has 0 aliphatic carbocycles. The lowest BCUT2D eigenvalue weighted by atomic mass is 9.96. The van der Waals surface area contributed by atoms with E-state index in [4.69, 9.17) is 0 Å². The quantitative estimate of drug-likeness (QED) is 0.123. The van der Waals surface area contributed by atoms with Crippen LogP contribution in [0.2, 0.25) is 0 Å². The van der Waals surface area contributed by atoms with Crippen molar-refractivity contribution in [1.29, 1.82) is 0 Å². The number of rotatable bonds is 6. The Bertz CT molecular complexity index is 1460. The number of nitrogens with zero attached hydrogens (tertiary/aromatic N) is 4. The molecule has 1 fully saturated rings. The topological polar surface area (TPSA) is 96.3 Å². The lowest BCUT2D eigenvalue weighted by Gasteiger charge is -2.22. The van der Waals surface area contributed by atoms with Crippen molar-refractivity contribution in [3.63, 3.8) is 0 Å². The number of aliphatic hydroxyl groups is 1. The second-order valence-corrected chi connectivity index (χ2v) is 9.90. The number of pyridine rings is 1. The number of Topliss-reactive ketones (excluding diaryl/α,β-unsaturated/α-hetero) is 1. The third-order valence-electron chi connectivity index (χ3n) is 5.46. The van der Waals surface area contributed by atoms with E-state index in [1.165, 1.54) is 53.3 Å². The molecule has 4 aromatic rings. The molecule has 3 heterocycles. The molecular weight excluding hydrogens is 506 g/mol. The Labute approximate surface area is 212 Å². The molecule has 1 amide bonds. The zero-order valence-corrected chi connectivity index (χ0v) is 20.0. The monoisotopic (exact) mass is 522 g/mol. The van der Waals surface area contributed by atoms with Gasteiger partial charge in [-0.25, -0.2) is 8.78 Å². The van der Waals surface area contributed by atoms with Gasteiger partial charge in [0.1, 0.15) is 17.4 Å². The summed E-state index contributed by atoms with van der Waals surface area (Å²) in [5, 5.41) is 19.5. The molecule has 5 rings (SSSR count). The number of halogens is 2. The summed E-state index contributed by atoms with van der Waals surface area (Å²) in [4.78, 5) is 31.5. The Morgan fingerprint density at radius 3 is 2.25 bits per heavy atom. The number of benzene rings is 2. The van der Waals surface area contributed by atoms with Crippen LogP contribution >= 0.6 is 23.1 Å². The molecule has 0 radical (unpaired) electrons. The first-order chi connectivity index (χ1) is 17.4. The van der Waals surface area contributed by atoms with Crippen molar-refractivity contribution >= 4 is 45.7 Å². The number of hydrogen-bond donors (Lipinski definition) is 1. The molecule has 0 saturated carbocycles. The van der Waals surface area contributed by atoms with Crippen LogP contribution in [0, 0.1) is 11.6 Å². The maximum Gasteiger partial charge on any atom is 0.301 e. The maximum atomic E-state index is 13.4. The molecule has 36 heavy (non-hydrogen) atoms. The summed E-state index contributed by atoms with van der Waals surface area (Å²) in [5.74, 6) is -2.51. The number of hydrogen-bond acceptors (Lipinski definition) is 8. The van der Waals surface area contributed by atoms with Gasteiger partial charge in [0.25, 0.3) is 5.78 Å². The molecule has 1 unspecified atom stereocenters. The SMILES string of the molecule is O=C1C(=O)N(c2nnc(SCc3ccc(F)cc3)s2)C(c2ccncc2)/C1=C(/O)c1ccc(F)cc1. The minimum Gasteiger partial charge on any atom is -0.507 e. The van der Waals surface area contributed by atoms with E-state index in [0.29, 0.717) is 15.7 Å². The van der Waals surface area contributed by atoms with Crippen LogP contribution in [0.4, 0.5) is 13.9 Å². The fourth-order valence-electron chi connectivity index (χ4n) is 3.74. The maximum absolute atomic E-state index is 13.4. The molecule has 0 spiro atoms. The number of aliphatic hydroxyl groups excluding tert-OH is 1. The standard InChI is InChI=1S/C25H16F2N4O3S2/c26-17-5-1-14(2-6-17)13-35-25-30-29-24(36-25)31-20(15-9-11-28-12-10-15)19(22(33)23(31)34)21(32)16-3-7-18(27)8-4-16/h1-12,20,32H,13H2/b21-19-. The van der Waals surface area contributed by atoms with E-state index < -0.39 is 29.3 Å². The van der Waals surface area contributed by atoms with Crippen LogP contribution < -0.4 is 4.90 Å². The third kappa shape index (κ3) is 4.62. The zero-order chi connectivity index (χ0) is 25.2. The van der Waals surface area contributed by atoms with E-state index >= 15 is 0 Å². The van der Waals surface area contributed by atoms with E-state index in [1.54, 1.807) is 24.3 Å². The molecule has 1 atom stereocenters. The molecule has 2 aromatic heterocycles. The number of amides is 1. The van der Waals surface area contributed by atoms with Crippen molar-refractivity contribution in [2.45, 2.75) is 16.1 Å². The Hall–Kier alpha value is -3.96. The van der Waals surface area contributed by atoms with Gasteiger partial charge in [-0.2, -0.15) is 0 Å². The van der Waals surface area contributed by atoms with Gasteiger partial charge in [-0.3, -0.25) is 19.5 Å². The molecule has 0 bridgehead atoms. The van der Waals surface area contributed by atoms with Gasteiger partial charge in [0, 0.05) is 23.7 Å². The summed E-state index contributed by atoms with van der Waals surface area (Å²) >= 11 is 2.47. The number of ketones is 1. The largest absolute Gasteiger partial charge is 0.507 e. The molecule has 1 aliphatic heterocycles. The zero-order valence-electron chi connectivity index (χ0n) is 18.3. The van der Waals surface area contributed by atoms with Gasteiger partial charge in [0.15, 0.2) is 4.34 Å². The summed E-state index contributed by atoms with van der Waals surface area (Å²) in [6.45, 7) is 0. The van der Waals surface area contributed by atoms with Crippen LogP contribution in [-0.4, -0.2) is 32.0 Å². The van der Waals surface area contributed by atoms with Gasteiger partial charge in [-0.15, -0.1) is 10.2 Å². The van der Waals surface area contributed by atoms with Crippen LogP contribution in [0.25, 0.3) is 5.76 Å². The summed E-state index contributed by atoms with van der Waals surface area (Å²) in [6.07, 6.45) is 3.02. The fourth-order valence-corrected chi connectivity index (χ4v) is 5.56. The second-order valence-electron chi connectivity index (χ2n) is 7.72. The second kappa shape index (κ2) is 9.96. The van der Waals surface area contributed by atoms with Crippen molar-refractivity contribution in [2.75, 3.05) is 4.90 Å². The average molecular weight is 523 g/mol. The van der Waals surface area contributed by atoms with Crippen LogP contribution in [0.15, 0.2) is 83.0 Å². The predicted octanol–water partition coefficient (Wildman–Crippen LogP) is 5.13. The van der Waals surface area contributed by atoms with Crippen LogP contribution in [-0.2, 0) is 15.3 Å². The Kier molecular flexibility index (Phi) is 6.57. The van der Waals surface area contributed by atoms with Crippen LogP contribution in [0.5, 0.6) is 0 Å². The van der Waals surface area contributed by atoms with Gasteiger partial charge in [0.2, 0.25) is 5.13 Å². The third-order valence-corrected chi connectivity index (χ3v) is 7.59. The lowest BCUT2D eigenvalue weighted by molar-refractivity contribution is -0.132. The Morgan fingerprint density at radius 1 is 0.944 bits per heavy atom. The first-order valence-corrected chi connectivity index (χ1v) is 12.4. The highest BCUT2D eigenvalue weighted by Gasteiger charge is 2.48. The van der Waals surface area contributed by atoms with Crippen molar-refractivity contribution in [3.8, 4) is 0 Å². The van der Waals surface area contributed by atoms with E-state index in [-0.39, 0.29) is 22.1 Å². The highest BCUT2D eigenvalue weighted by Crippen LogP contribution is 2.43. The van der Waals surface area contributed by atoms with Crippen molar-refractivity contribution in [2.24, 2.45) is 0 Å². The molecular formula is C25H16F2N4O3S2. The Balaban J connectivity index is 1.51. The highest BCUT2D eigenvalue weighted by atomic mass is 32.2. The highest BCUT2D eigenvalue weighted by molar-refractivity contribution is 8.00. The normalized spacial score (nSPS) is 17.1. The number of carbonyl (C=O) groups is 2. The van der Waals surface area contributed by atoms with E-state index in [9.17, 15) is 23.5 Å². The molecule has 2 aromatic carbocycles. The lowest BCUT2D eigenvalue weighted by Crippen LogP contribution is -2.29. The Morgan fingerprint density at radius 2 is 1.58 bits per heavy atom. The summed E-state index contributed by atoms with van der Waals surface area (Å²) < 4.78 is 27.1. The number of aromatic nitrogens is 3. The smallest absolute Gasteiger partial charge is 0.301 e. The molecule has 1 saturated heterocycles. The summed E-state index contributed by atoms with van der Waals surface area (Å²) in [6, 6.07) is 13.3. The number of anilines is 1. The molecule has 1 aliphatic rings. The molecule has 7 nitrogen and oxygen atoms in total. The van der Waals surface area contributed by atoms with Crippen molar-refractivity contribution < 1.29 is 23.5 Å². The number of carbonyl (C=O) groups excluding carboxylic acids is 2. The van der Waals surface area contributed by atoms with Gasteiger partial charge < -0.3 is 5.11 Å². The van der Waals surface area contributed by atoms with Crippen molar-refractivity contribution in [3.05, 3.63) is 107 Å². The van der Waals surface area contributed by atoms with E-state index in [2.05, 4.69) is 15.2 Å².